The summed E-state index contributed by atoms with van der Waals surface area (Å²) >= 11 is 14.1. The summed E-state index contributed by atoms with van der Waals surface area (Å²) in [6.45, 7) is 3.51. The molecule has 1 aromatic carbocycles. The summed E-state index contributed by atoms with van der Waals surface area (Å²) in [5.74, 6) is 0.623. The van der Waals surface area contributed by atoms with Crippen molar-refractivity contribution in [3.8, 4) is 11.3 Å². The number of benzene rings is 1. The smallest absolute Gasteiger partial charge is 0.150 e. The van der Waals surface area contributed by atoms with Crippen LogP contribution in [-0.2, 0) is 22.5 Å². The largest absolute Gasteiger partial charge is 0.386 e. The first kappa shape index (κ1) is 27.1. The quantitative estimate of drug-likeness (QED) is 0.233. The molecule has 11 heteroatoms. The number of fused-ring (bicyclic) bond motifs is 1. The van der Waals surface area contributed by atoms with Crippen LogP contribution in [0.3, 0.4) is 0 Å². The molecule has 0 bridgehead atoms. The van der Waals surface area contributed by atoms with Crippen LogP contribution in [0.15, 0.2) is 29.0 Å². The molecule has 206 valence electrons. The maximum absolute atomic E-state index is 14.8. The van der Waals surface area contributed by atoms with Gasteiger partial charge >= 0.3 is 0 Å². The highest BCUT2D eigenvalue weighted by atomic mass is 35.5. The first-order chi connectivity index (χ1) is 18.5. The van der Waals surface area contributed by atoms with Crippen LogP contribution in [-0.4, -0.2) is 31.4 Å². The predicted octanol–water partition coefficient (Wildman–Crippen LogP) is 7.24. The van der Waals surface area contributed by atoms with Crippen LogP contribution < -0.4 is 0 Å². The summed E-state index contributed by atoms with van der Waals surface area (Å²) in [5, 5.41) is 27.4. The Morgan fingerprint density at radius 1 is 1.15 bits per heavy atom. The van der Waals surface area contributed by atoms with Gasteiger partial charge in [-0.3, -0.25) is 4.98 Å². The molecular formula is C28H28Cl2FN3O4S. The van der Waals surface area contributed by atoms with Crippen molar-refractivity contribution in [1.82, 2.24) is 15.1 Å². The molecule has 2 aliphatic rings. The molecular weight excluding hydrogens is 564 g/mol. The predicted molar refractivity (Wildman–Crippen MR) is 147 cm³/mol. The van der Waals surface area contributed by atoms with Gasteiger partial charge in [-0.2, -0.15) is 0 Å². The van der Waals surface area contributed by atoms with E-state index in [0.717, 1.165) is 24.2 Å². The Bertz CT molecular complexity index is 1520. The second kappa shape index (κ2) is 10.0. The number of hydrogen-bond acceptors (Lipinski definition) is 8. The van der Waals surface area contributed by atoms with Crippen LogP contribution in [0.1, 0.15) is 80.2 Å². The first-order valence-corrected chi connectivity index (χ1v) is 14.6. The van der Waals surface area contributed by atoms with Gasteiger partial charge in [0.1, 0.15) is 27.6 Å². The van der Waals surface area contributed by atoms with Crippen LogP contribution in [0.25, 0.3) is 21.5 Å². The molecule has 3 heterocycles. The maximum Gasteiger partial charge on any atom is 0.150 e. The van der Waals surface area contributed by atoms with E-state index < -0.39 is 17.0 Å². The lowest BCUT2D eigenvalue weighted by atomic mass is 9.83. The molecule has 0 saturated heterocycles. The average Bonchev–Trinajstić information content (AvgIpc) is 3.48. The van der Waals surface area contributed by atoms with Gasteiger partial charge in [-0.15, -0.1) is 11.3 Å². The van der Waals surface area contributed by atoms with Crippen molar-refractivity contribution in [3.63, 3.8) is 0 Å². The fourth-order valence-electron chi connectivity index (χ4n) is 5.15. The van der Waals surface area contributed by atoms with Crippen molar-refractivity contribution in [2.24, 2.45) is 0 Å². The van der Waals surface area contributed by atoms with Crippen molar-refractivity contribution in [2.75, 3.05) is 0 Å². The third-order valence-corrected chi connectivity index (χ3v) is 9.40. The molecule has 0 amide bonds. The standard InChI is InChI=1S/C28H28Cl2FN3O4S/c1-27(2,35)15-9-20(31)24-21(10-15)39-26(33-24)28(36)7-5-16(6-8-28)37-13-17-23(34-38-25(17)14-3-4-14)22-18(29)11-32-12-19(22)30/h9-12,14,16,35-36H,3-8,13H2,1-2H3/t16-,28+. The number of nitrogens with zero attached hydrogens (tertiary/aromatic N) is 3. The summed E-state index contributed by atoms with van der Waals surface area (Å²) in [5.41, 5.74) is 0.349. The number of hydrogen-bond donors (Lipinski definition) is 2. The minimum absolute atomic E-state index is 0.0867. The number of ether oxygens (including phenoxy) is 1. The topological polar surface area (TPSA) is 102 Å². The second-order valence-corrected chi connectivity index (χ2v) is 12.9. The highest BCUT2D eigenvalue weighted by Crippen LogP contribution is 2.47. The molecule has 0 radical (unpaired) electrons. The van der Waals surface area contributed by atoms with Crippen LogP contribution in [0.2, 0.25) is 10.0 Å². The van der Waals surface area contributed by atoms with E-state index in [9.17, 15) is 14.6 Å². The Kier molecular flexibility index (Phi) is 6.97. The minimum atomic E-state index is -1.18. The van der Waals surface area contributed by atoms with Crippen molar-refractivity contribution in [1.29, 1.82) is 0 Å². The van der Waals surface area contributed by atoms with E-state index in [0.29, 0.717) is 68.2 Å². The molecule has 3 aromatic heterocycles. The van der Waals surface area contributed by atoms with Gasteiger partial charge in [0.05, 0.1) is 33.1 Å². The van der Waals surface area contributed by atoms with Gasteiger partial charge in [0.2, 0.25) is 0 Å². The van der Waals surface area contributed by atoms with E-state index in [1.165, 1.54) is 29.8 Å². The average molecular weight is 593 g/mol. The zero-order chi connectivity index (χ0) is 27.5. The maximum atomic E-state index is 14.8. The molecule has 0 unspecified atom stereocenters. The third kappa shape index (κ3) is 5.21. The molecule has 2 N–H and O–H groups in total. The Morgan fingerprint density at radius 3 is 2.49 bits per heavy atom. The van der Waals surface area contributed by atoms with E-state index in [4.69, 9.17) is 32.5 Å². The monoisotopic (exact) mass is 591 g/mol. The number of halogens is 3. The van der Waals surface area contributed by atoms with Crippen molar-refractivity contribution in [2.45, 2.75) is 82.2 Å². The summed E-state index contributed by atoms with van der Waals surface area (Å²) in [6, 6.07) is 3.05. The highest BCUT2D eigenvalue weighted by molar-refractivity contribution is 7.18. The first-order valence-electron chi connectivity index (χ1n) is 13.0. The molecule has 2 saturated carbocycles. The minimum Gasteiger partial charge on any atom is -0.386 e. The molecule has 0 atom stereocenters. The summed E-state index contributed by atoms with van der Waals surface area (Å²) in [7, 11) is 0. The fourth-order valence-corrected chi connectivity index (χ4v) is 6.86. The molecule has 6 rings (SSSR count). The van der Waals surface area contributed by atoms with Crippen molar-refractivity contribution >= 4 is 44.8 Å². The molecule has 0 spiro atoms. The van der Waals surface area contributed by atoms with Gasteiger partial charge in [-0.25, -0.2) is 9.37 Å². The summed E-state index contributed by atoms with van der Waals surface area (Å²) in [6.07, 6.45) is 7.14. The van der Waals surface area contributed by atoms with E-state index in [1.807, 2.05) is 0 Å². The van der Waals surface area contributed by atoms with Crippen LogP contribution >= 0.6 is 34.5 Å². The molecule has 7 nitrogen and oxygen atoms in total. The number of pyridine rings is 1. The number of aromatic nitrogens is 3. The van der Waals surface area contributed by atoms with Crippen molar-refractivity contribution < 1.29 is 23.9 Å². The van der Waals surface area contributed by atoms with E-state index in [2.05, 4.69) is 15.1 Å². The lowest BCUT2D eigenvalue weighted by Crippen LogP contribution is -2.34. The molecule has 4 aromatic rings. The van der Waals surface area contributed by atoms with Gasteiger partial charge in [0, 0.05) is 29.4 Å². The second-order valence-electron chi connectivity index (χ2n) is 11.1. The highest BCUT2D eigenvalue weighted by Gasteiger charge is 2.39. The normalized spacial score (nSPS) is 22.1. The lowest BCUT2D eigenvalue weighted by Gasteiger charge is -2.34. The van der Waals surface area contributed by atoms with Gasteiger partial charge in [-0.05, 0) is 70.1 Å². The van der Waals surface area contributed by atoms with Crippen LogP contribution in [0.4, 0.5) is 4.39 Å². The van der Waals surface area contributed by atoms with Gasteiger partial charge in [0.25, 0.3) is 0 Å². The fraction of sp³-hybridized carbons (Fsp3) is 0.464. The van der Waals surface area contributed by atoms with E-state index >= 15 is 0 Å². The van der Waals surface area contributed by atoms with Gasteiger partial charge in [0.15, 0.2) is 5.82 Å². The van der Waals surface area contributed by atoms with Gasteiger partial charge < -0.3 is 19.5 Å². The van der Waals surface area contributed by atoms with Crippen LogP contribution in [0, 0.1) is 5.82 Å². The Hall–Kier alpha value is -2.14. The summed E-state index contributed by atoms with van der Waals surface area (Å²) in [4.78, 5) is 8.49. The Balaban J connectivity index is 1.18. The molecule has 2 fully saturated rings. The molecule has 2 aliphatic carbocycles. The van der Waals surface area contributed by atoms with Crippen LogP contribution in [0.5, 0.6) is 0 Å². The Labute approximate surface area is 238 Å². The number of thiazole rings is 1. The lowest BCUT2D eigenvalue weighted by molar-refractivity contribution is -0.0641. The SMILES string of the molecule is CC(C)(O)c1cc(F)c2nc([C@]3(O)CC[C@@H](OCc4c(-c5c(Cl)cncc5Cl)noc4C4CC4)CC3)sc2c1. The van der Waals surface area contributed by atoms with Gasteiger partial charge in [-0.1, -0.05) is 28.4 Å². The zero-order valence-corrected chi connectivity index (χ0v) is 23.8. The third-order valence-electron chi connectivity index (χ3n) is 7.63. The zero-order valence-electron chi connectivity index (χ0n) is 21.5. The molecule has 39 heavy (non-hydrogen) atoms. The van der Waals surface area contributed by atoms with E-state index in [1.54, 1.807) is 19.9 Å². The summed E-state index contributed by atoms with van der Waals surface area (Å²) < 4.78 is 27.4. The molecule has 0 aliphatic heterocycles. The Morgan fingerprint density at radius 2 is 1.85 bits per heavy atom. The van der Waals surface area contributed by atoms with Crippen molar-refractivity contribution in [3.05, 3.63) is 62.3 Å². The van der Waals surface area contributed by atoms with E-state index in [-0.39, 0.29) is 18.2 Å². The number of rotatable bonds is 7. The number of aliphatic hydroxyl groups is 2.